The summed E-state index contributed by atoms with van der Waals surface area (Å²) >= 11 is 0. The largest absolute Gasteiger partial charge is 0.493 e. The molecule has 0 bridgehead atoms. The van der Waals surface area contributed by atoms with Crippen molar-refractivity contribution in [2.24, 2.45) is 10.9 Å². The molecule has 0 aliphatic heterocycles. The maximum absolute atomic E-state index is 5.34. The molecule has 0 spiro atoms. The van der Waals surface area contributed by atoms with Crippen LogP contribution >= 0.6 is 24.0 Å². The van der Waals surface area contributed by atoms with Crippen LogP contribution in [0.3, 0.4) is 0 Å². The van der Waals surface area contributed by atoms with Gasteiger partial charge in [-0.15, -0.1) is 24.0 Å². The normalized spacial score (nSPS) is 12.1. The Morgan fingerprint density at radius 1 is 1.22 bits per heavy atom. The number of nitrogens with one attached hydrogen (secondary N) is 2. The van der Waals surface area contributed by atoms with Crippen molar-refractivity contribution in [1.82, 2.24) is 20.4 Å². The van der Waals surface area contributed by atoms with Gasteiger partial charge in [0.25, 0.3) is 0 Å². The number of hydrogen-bond acceptors (Lipinski definition) is 4. The fraction of sp³-hybridized carbons (Fsp3) is 0.474. The molecular formula is C19H30IN5O2. The van der Waals surface area contributed by atoms with Crippen LogP contribution in [0.4, 0.5) is 0 Å². The molecule has 0 saturated carbocycles. The van der Waals surface area contributed by atoms with Gasteiger partial charge < -0.3 is 20.1 Å². The Kier molecular flexibility index (Phi) is 10.6. The highest BCUT2D eigenvalue weighted by atomic mass is 127. The zero-order valence-electron chi connectivity index (χ0n) is 16.4. The van der Waals surface area contributed by atoms with Crippen LogP contribution < -0.4 is 20.1 Å². The summed E-state index contributed by atoms with van der Waals surface area (Å²) in [4.78, 5) is 4.28. The van der Waals surface area contributed by atoms with Gasteiger partial charge in [-0.05, 0) is 36.1 Å². The lowest BCUT2D eigenvalue weighted by Crippen LogP contribution is -2.40. The summed E-state index contributed by atoms with van der Waals surface area (Å²) in [5, 5.41) is 10.9. The molecule has 1 atom stereocenters. The van der Waals surface area contributed by atoms with Crippen LogP contribution in [0.1, 0.15) is 12.5 Å². The van der Waals surface area contributed by atoms with E-state index in [2.05, 4.69) is 27.6 Å². The van der Waals surface area contributed by atoms with Gasteiger partial charge in [0.05, 0.1) is 14.2 Å². The zero-order valence-corrected chi connectivity index (χ0v) is 18.8. The summed E-state index contributed by atoms with van der Waals surface area (Å²) in [7, 11) is 5.07. The topological polar surface area (TPSA) is 72.7 Å². The molecule has 0 radical (unpaired) electrons. The number of rotatable bonds is 9. The van der Waals surface area contributed by atoms with Crippen LogP contribution in [-0.2, 0) is 13.0 Å². The van der Waals surface area contributed by atoms with Crippen molar-refractivity contribution in [2.45, 2.75) is 19.9 Å². The number of ether oxygens (including phenoxy) is 2. The van der Waals surface area contributed by atoms with Gasteiger partial charge in [-0.3, -0.25) is 9.67 Å². The Morgan fingerprint density at radius 3 is 2.63 bits per heavy atom. The van der Waals surface area contributed by atoms with Crippen LogP contribution in [0.15, 0.2) is 41.7 Å². The third-order valence-electron chi connectivity index (χ3n) is 4.05. The van der Waals surface area contributed by atoms with Gasteiger partial charge >= 0.3 is 0 Å². The van der Waals surface area contributed by atoms with E-state index >= 15 is 0 Å². The minimum Gasteiger partial charge on any atom is -0.493 e. The van der Waals surface area contributed by atoms with Crippen LogP contribution in [0.25, 0.3) is 0 Å². The van der Waals surface area contributed by atoms with Crippen molar-refractivity contribution in [3.8, 4) is 11.5 Å². The second-order valence-electron chi connectivity index (χ2n) is 6.15. The summed E-state index contributed by atoms with van der Waals surface area (Å²) in [5.41, 5.74) is 1.18. The Hall–Kier alpha value is -1.97. The Balaban J connectivity index is 0.00000364. The summed E-state index contributed by atoms with van der Waals surface area (Å²) in [5.74, 6) is 2.74. The number of guanidine groups is 1. The van der Waals surface area contributed by atoms with Crippen LogP contribution in [0, 0.1) is 5.92 Å². The molecule has 0 saturated heterocycles. The van der Waals surface area contributed by atoms with E-state index in [9.17, 15) is 0 Å². The third-order valence-corrected chi connectivity index (χ3v) is 4.05. The van der Waals surface area contributed by atoms with Gasteiger partial charge in [0.1, 0.15) is 0 Å². The van der Waals surface area contributed by atoms with Crippen molar-refractivity contribution < 1.29 is 9.47 Å². The molecule has 0 amide bonds. The smallest absolute Gasteiger partial charge is 0.190 e. The number of aromatic nitrogens is 2. The van der Waals surface area contributed by atoms with Crippen LogP contribution in [-0.4, -0.2) is 50.1 Å². The lowest BCUT2D eigenvalue weighted by Gasteiger charge is -2.16. The quantitative estimate of drug-likeness (QED) is 0.323. The highest BCUT2D eigenvalue weighted by Gasteiger charge is 2.07. The Labute approximate surface area is 178 Å². The first kappa shape index (κ1) is 23.1. The van der Waals surface area contributed by atoms with E-state index < -0.39 is 0 Å². The SMILES string of the molecule is CN=C(NCCc1ccc(OC)c(OC)c1)NCC(C)Cn1cccn1.I. The molecule has 0 aliphatic carbocycles. The zero-order chi connectivity index (χ0) is 18.8. The molecule has 1 aromatic heterocycles. The molecule has 8 heteroatoms. The number of halogens is 1. The molecule has 2 aromatic rings. The maximum Gasteiger partial charge on any atom is 0.190 e. The van der Waals surface area contributed by atoms with Crippen molar-refractivity contribution >= 4 is 29.9 Å². The van der Waals surface area contributed by atoms with E-state index in [0.29, 0.717) is 5.92 Å². The average Bonchev–Trinajstić information content (AvgIpc) is 3.17. The van der Waals surface area contributed by atoms with Crippen LogP contribution in [0.2, 0.25) is 0 Å². The molecule has 1 unspecified atom stereocenters. The molecule has 150 valence electrons. The van der Waals surface area contributed by atoms with Crippen molar-refractivity contribution in [2.75, 3.05) is 34.4 Å². The van der Waals surface area contributed by atoms with E-state index in [-0.39, 0.29) is 24.0 Å². The van der Waals surface area contributed by atoms with Gasteiger partial charge in [0.2, 0.25) is 0 Å². The fourth-order valence-corrected chi connectivity index (χ4v) is 2.65. The van der Waals surface area contributed by atoms with E-state index in [4.69, 9.17) is 9.47 Å². The van der Waals surface area contributed by atoms with E-state index in [1.54, 1.807) is 27.5 Å². The third kappa shape index (κ3) is 7.66. The monoisotopic (exact) mass is 487 g/mol. The Morgan fingerprint density at radius 2 is 2.00 bits per heavy atom. The fourth-order valence-electron chi connectivity index (χ4n) is 2.65. The average molecular weight is 487 g/mol. The number of benzene rings is 1. The summed E-state index contributed by atoms with van der Waals surface area (Å²) in [6.07, 6.45) is 4.64. The lowest BCUT2D eigenvalue weighted by molar-refractivity contribution is 0.354. The van der Waals surface area contributed by atoms with Gasteiger partial charge in [0.15, 0.2) is 17.5 Å². The first-order valence-corrected chi connectivity index (χ1v) is 8.79. The maximum atomic E-state index is 5.34. The van der Waals surface area contributed by atoms with Crippen molar-refractivity contribution in [3.63, 3.8) is 0 Å². The van der Waals surface area contributed by atoms with Gasteiger partial charge in [-0.1, -0.05) is 13.0 Å². The molecular weight excluding hydrogens is 457 g/mol. The van der Waals surface area contributed by atoms with Gasteiger partial charge in [-0.25, -0.2) is 0 Å². The molecule has 0 fully saturated rings. The molecule has 27 heavy (non-hydrogen) atoms. The highest BCUT2D eigenvalue weighted by Crippen LogP contribution is 2.27. The summed E-state index contributed by atoms with van der Waals surface area (Å²) in [6, 6.07) is 7.92. The molecule has 1 heterocycles. The van der Waals surface area contributed by atoms with Gasteiger partial charge in [-0.2, -0.15) is 5.10 Å². The first-order chi connectivity index (χ1) is 12.7. The van der Waals surface area contributed by atoms with Gasteiger partial charge in [0, 0.05) is 39.1 Å². The highest BCUT2D eigenvalue weighted by molar-refractivity contribution is 14.0. The molecule has 2 rings (SSSR count). The standard InChI is InChI=1S/C19H29N5O2.HI/c1-15(14-24-11-5-9-23-24)13-22-19(20-2)21-10-8-16-6-7-17(25-3)18(12-16)26-4;/h5-7,9,11-12,15H,8,10,13-14H2,1-4H3,(H2,20,21,22);1H. The molecule has 1 aromatic carbocycles. The Bertz CT molecular complexity index is 691. The minimum absolute atomic E-state index is 0. The molecule has 0 aliphatic rings. The predicted molar refractivity (Wildman–Crippen MR) is 119 cm³/mol. The number of methoxy groups -OCH3 is 2. The number of nitrogens with zero attached hydrogens (tertiary/aromatic N) is 3. The molecule has 2 N–H and O–H groups in total. The summed E-state index contributed by atoms with van der Waals surface area (Å²) in [6.45, 7) is 4.67. The van der Waals surface area contributed by atoms with E-state index in [1.165, 1.54) is 5.56 Å². The minimum atomic E-state index is 0. The second kappa shape index (κ2) is 12.4. The number of aliphatic imine (C=N–C) groups is 1. The second-order valence-corrected chi connectivity index (χ2v) is 6.15. The first-order valence-electron chi connectivity index (χ1n) is 8.79. The number of hydrogen-bond donors (Lipinski definition) is 2. The van der Waals surface area contributed by atoms with E-state index in [1.807, 2.05) is 35.1 Å². The predicted octanol–water partition coefficient (Wildman–Crippen LogP) is 2.56. The van der Waals surface area contributed by atoms with Crippen LogP contribution in [0.5, 0.6) is 11.5 Å². The van der Waals surface area contributed by atoms with E-state index in [0.717, 1.165) is 43.5 Å². The molecule has 7 nitrogen and oxygen atoms in total. The summed E-state index contributed by atoms with van der Waals surface area (Å²) < 4.78 is 12.6. The lowest BCUT2D eigenvalue weighted by atomic mass is 10.1. The van der Waals surface area contributed by atoms with Crippen molar-refractivity contribution in [3.05, 3.63) is 42.2 Å². The van der Waals surface area contributed by atoms with Crippen molar-refractivity contribution in [1.29, 1.82) is 0 Å².